The van der Waals surface area contributed by atoms with Crippen molar-refractivity contribution in [2.75, 3.05) is 31.9 Å². The predicted octanol–water partition coefficient (Wildman–Crippen LogP) is 2.42. The normalized spacial score (nSPS) is 15.8. The molecule has 1 fully saturated rings. The van der Waals surface area contributed by atoms with Crippen LogP contribution in [0.3, 0.4) is 0 Å². The van der Waals surface area contributed by atoms with Gasteiger partial charge in [0.2, 0.25) is 5.91 Å². The molecule has 0 saturated carbocycles. The van der Waals surface area contributed by atoms with Crippen molar-refractivity contribution < 1.29 is 9.21 Å². The number of amides is 1. The monoisotopic (exact) mass is 331 g/mol. The number of benzene rings is 1. The first-order valence-corrected chi connectivity index (χ1v) is 8.78. The summed E-state index contributed by atoms with van der Waals surface area (Å²) in [5, 5.41) is 0.552. The van der Waals surface area contributed by atoms with E-state index in [-0.39, 0.29) is 5.91 Å². The molecule has 3 rings (SSSR count). The van der Waals surface area contributed by atoms with E-state index in [4.69, 9.17) is 4.42 Å². The minimum atomic E-state index is 0.156. The van der Waals surface area contributed by atoms with Gasteiger partial charge in [0, 0.05) is 32.7 Å². The molecule has 1 amide bonds. The van der Waals surface area contributed by atoms with Gasteiger partial charge < -0.3 is 9.32 Å². The van der Waals surface area contributed by atoms with Gasteiger partial charge in [0.25, 0.3) is 5.22 Å². The Morgan fingerprint density at radius 2 is 2.04 bits per heavy atom. The van der Waals surface area contributed by atoms with Crippen molar-refractivity contribution in [3.63, 3.8) is 0 Å². The van der Waals surface area contributed by atoms with Gasteiger partial charge in [0.05, 0.1) is 11.9 Å². The number of hydrogen-bond donors (Lipinski definition) is 0. The molecular weight excluding hydrogens is 310 g/mol. The van der Waals surface area contributed by atoms with Gasteiger partial charge in [-0.1, -0.05) is 36.0 Å². The van der Waals surface area contributed by atoms with Crippen molar-refractivity contribution in [2.45, 2.75) is 18.7 Å². The molecule has 122 valence electrons. The Kier molecular flexibility index (Phi) is 5.35. The Hall–Kier alpha value is -1.79. The van der Waals surface area contributed by atoms with Crippen LogP contribution in [-0.2, 0) is 11.3 Å². The maximum Gasteiger partial charge on any atom is 0.256 e. The molecule has 5 nitrogen and oxygen atoms in total. The molecule has 0 aliphatic carbocycles. The fraction of sp³-hybridized carbons (Fsp3) is 0.412. The first-order chi connectivity index (χ1) is 11.2. The first kappa shape index (κ1) is 16.1. The van der Waals surface area contributed by atoms with Crippen molar-refractivity contribution in [2.24, 2.45) is 0 Å². The van der Waals surface area contributed by atoms with E-state index in [0.717, 1.165) is 32.7 Å². The third-order valence-corrected chi connectivity index (χ3v) is 4.95. The molecule has 6 heteroatoms. The highest BCUT2D eigenvalue weighted by molar-refractivity contribution is 7.99. The van der Waals surface area contributed by atoms with Crippen LogP contribution in [0.1, 0.15) is 11.1 Å². The topological polar surface area (TPSA) is 49.6 Å². The molecule has 0 spiro atoms. The highest BCUT2D eigenvalue weighted by Gasteiger charge is 2.21. The lowest BCUT2D eigenvalue weighted by Gasteiger charge is -2.35. The standard InChI is InChI=1S/C17H21N3O2S/c1-14-4-2-3-5-15(14)12-19-7-9-20(10-8-19)16(21)13-23-17-18-6-11-22-17/h2-6,11H,7-10,12-13H2,1H3. The number of thioether (sulfide) groups is 1. The van der Waals surface area contributed by atoms with E-state index in [0.29, 0.717) is 11.0 Å². The zero-order chi connectivity index (χ0) is 16.1. The number of carbonyl (C=O) groups excluding carboxylic acids is 1. The van der Waals surface area contributed by atoms with Crippen molar-refractivity contribution >= 4 is 17.7 Å². The lowest BCUT2D eigenvalue weighted by Crippen LogP contribution is -2.48. The maximum absolute atomic E-state index is 12.2. The van der Waals surface area contributed by atoms with Gasteiger partial charge >= 0.3 is 0 Å². The lowest BCUT2D eigenvalue weighted by molar-refractivity contribution is -0.130. The fourth-order valence-electron chi connectivity index (χ4n) is 2.68. The van der Waals surface area contributed by atoms with Gasteiger partial charge in [-0.25, -0.2) is 4.98 Å². The van der Waals surface area contributed by atoms with Crippen LogP contribution in [0.5, 0.6) is 0 Å². The van der Waals surface area contributed by atoms with E-state index >= 15 is 0 Å². The largest absolute Gasteiger partial charge is 0.440 e. The summed E-state index contributed by atoms with van der Waals surface area (Å²) in [5.74, 6) is 0.543. The molecule has 0 atom stereocenters. The summed E-state index contributed by atoms with van der Waals surface area (Å²) in [6.45, 7) is 6.52. The zero-order valence-electron chi connectivity index (χ0n) is 13.3. The summed E-state index contributed by atoms with van der Waals surface area (Å²) in [4.78, 5) is 20.6. The second kappa shape index (κ2) is 7.66. The summed E-state index contributed by atoms with van der Waals surface area (Å²) in [7, 11) is 0. The summed E-state index contributed by atoms with van der Waals surface area (Å²) in [6, 6.07) is 8.48. The fourth-order valence-corrected chi connectivity index (χ4v) is 3.37. The third kappa shape index (κ3) is 4.36. The smallest absolute Gasteiger partial charge is 0.256 e. The SMILES string of the molecule is Cc1ccccc1CN1CCN(C(=O)CSc2ncco2)CC1. The second-order valence-electron chi connectivity index (χ2n) is 5.67. The Labute approximate surface area is 140 Å². The van der Waals surface area contributed by atoms with Gasteiger partial charge in [0.15, 0.2) is 0 Å². The average molecular weight is 331 g/mol. The minimum absolute atomic E-state index is 0.156. The molecule has 23 heavy (non-hydrogen) atoms. The Morgan fingerprint density at radius 1 is 1.26 bits per heavy atom. The van der Waals surface area contributed by atoms with E-state index in [1.807, 2.05) is 4.90 Å². The molecule has 0 bridgehead atoms. The Morgan fingerprint density at radius 3 is 2.74 bits per heavy atom. The highest BCUT2D eigenvalue weighted by Crippen LogP contribution is 2.17. The average Bonchev–Trinajstić information content (AvgIpc) is 3.09. The van der Waals surface area contributed by atoms with Crippen LogP contribution >= 0.6 is 11.8 Å². The van der Waals surface area contributed by atoms with E-state index in [1.54, 1.807) is 6.20 Å². The van der Waals surface area contributed by atoms with E-state index in [9.17, 15) is 4.79 Å². The van der Waals surface area contributed by atoms with Gasteiger partial charge in [-0.05, 0) is 18.1 Å². The van der Waals surface area contributed by atoms with Crippen LogP contribution < -0.4 is 0 Å². The molecule has 1 aliphatic heterocycles. The number of nitrogens with zero attached hydrogens (tertiary/aromatic N) is 3. The zero-order valence-corrected chi connectivity index (χ0v) is 14.1. The number of rotatable bonds is 5. The van der Waals surface area contributed by atoms with Crippen molar-refractivity contribution in [1.82, 2.24) is 14.8 Å². The Balaban J connectivity index is 1.44. The first-order valence-electron chi connectivity index (χ1n) is 7.79. The molecule has 1 aromatic carbocycles. The number of piperazine rings is 1. The van der Waals surface area contributed by atoms with E-state index < -0.39 is 0 Å². The van der Waals surface area contributed by atoms with Gasteiger partial charge in [-0.2, -0.15) is 0 Å². The van der Waals surface area contributed by atoms with Crippen molar-refractivity contribution in [1.29, 1.82) is 0 Å². The van der Waals surface area contributed by atoms with Crippen LogP contribution in [-0.4, -0.2) is 52.6 Å². The number of aromatic nitrogens is 1. The van der Waals surface area contributed by atoms with Gasteiger partial charge in [-0.3, -0.25) is 9.69 Å². The van der Waals surface area contributed by atoms with Crippen LogP contribution in [0.2, 0.25) is 0 Å². The highest BCUT2D eigenvalue weighted by atomic mass is 32.2. The van der Waals surface area contributed by atoms with E-state index in [2.05, 4.69) is 41.1 Å². The molecule has 1 aromatic heterocycles. The van der Waals surface area contributed by atoms with Crippen molar-refractivity contribution in [3.05, 3.63) is 47.9 Å². The maximum atomic E-state index is 12.2. The molecule has 0 radical (unpaired) electrons. The number of aryl methyl sites for hydroxylation is 1. The summed E-state index contributed by atoms with van der Waals surface area (Å²) in [5.41, 5.74) is 2.69. The van der Waals surface area contributed by atoms with Gasteiger partial charge in [0.1, 0.15) is 6.26 Å². The van der Waals surface area contributed by atoms with Crippen LogP contribution in [0.15, 0.2) is 46.4 Å². The van der Waals surface area contributed by atoms with Crippen LogP contribution in [0, 0.1) is 6.92 Å². The molecule has 1 aliphatic rings. The third-order valence-electron chi connectivity index (χ3n) is 4.11. The van der Waals surface area contributed by atoms with Gasteiger partial charge in [-0.15, -0.1) is 0 Å². The Bertz CT molecular complexity index is 637. The quantitative estimate of drug-likeness (QED) is 0.788. The minimum Gasteiger partial charge on any atom is -0.440 e. The molecule has 1 saturated heterocycles. The molecular formula is C17H21N3O2S. The summed E-state index contributed by atoms with van der Waals surface area (Å²) < 4.78 is 5.14. The second-order valence-corrected chi connectivity index (χ2v) is 6.60. The van der Waals surface area contributed by atoms with E-state index in [1.165, 1.54) is 29.2 Å². The molecule has 2 aromatic rings. The predicted molar refractivity (Wildman–Crippen MR) is 90.3 cm³/mol. The number of hydrogen-bond acceptors (Lipinski definition) is 5. The summed E-state index contributed by atoms with van der Waals surface area (Å²) in [6.07, 6.45) is 3.12. The lowest BCUT2D eigenvalue weighted by atomic mass is 10.1. The molecule has 2 heterocycles. The number of carbonyl (C=O) groups is 1. The van der Waals surface area contributed by atoms with Crippen molar-refractivity contribution in [3.8, 4) is 0 Å². The summed E-state index contributed by atoms with van der Waals surface area (Å²) >= 11 is 1.35. The van der Waals surface area contributed by atoms with Crippen LogP contribution in [0.25, 0.3) is 0 Å². The van der Waals surface area contributed by atoms with Crippen LogP contribution in [0.4, 0.5) is 0 Å². The number of oxazole rings is 1. The molecule has 0 unspecified atom stereocenters. The molecule has 0 N–H and O–H groups in total.